The van der Waals surface area contributed by atoms with E-state index in [9.17, 15) is 9.90 Å². The fourth-order valence-corrected chi connectivity index (χ4v) is 2.47. The summed E-state index contributed by atoms with van der Waals surface area (Å²) >= 11 is 0. The van der Waals surface area contributed by atoms with E-state index < -0.39 is 5.54 Å². The lowest BCUT2D eigenvalue weighted by atomic mass is 9.77. The molecule has 1 rings (SSSR count). The molecule has 0 aliphatic heterocycles. The highest BCUT2D eigenvalue weighted by Crippen LogP contribution is 2.31. The van der Waals surface area contributed by atoms with E-state index in [4.69, 9.17) is 5.73 Å². The maximum Gasteiger partial charge on any atom is 0.225 e. The van der Waals surface area contributed by atoms with Gasteiger partial charge in [0, 0.05) is 25.0 Å². The summed E-state index contributed by atoms with van der Waals surface area (Å²) in [5, 5.41) is 9.21. The van der Waals surface area contributed by atoms with Gasteiger partial charge in [-0.05, 0) is 38.0 Å². The van der Waals surface area contributed by atoms with Crippen LogP contribution in [0.4, 0.5) is 0 Å². The molecule has 1 aliphatic carbocycles. The average molecular weight is 256 g/mol. The van der Waals surface area contributed by atoms with Crippen LogP contribution in [0.3, 0.4) is 0 Å². The van der Waals surface area contributed by atoms with Crippen LogP contribution in [-0.4, -0.2) is 41.7 Å². The maximum absolute atomic E-state index is 12.2. The number of hydrogen-bond acceptors (Lipinski definition) is 3. The van der Waals surface area contributed by atoms with Crippen molar-refractivity contribution in [2.45, 2.75) is 51.5 Å². The fourth-order valence-electron chi connectivity index (χ4n) is 2.47. The van der Waals surface area contributed by atoms with Crippen molar-refractivity contribution in [3.05, 3.63) is 0 Å². The molecule has 1 amide bonds. The molecule has 0 aromatic rings. The molecule has 4 nitrogen and oxygen atoms in total. The number of rotatable bonds is 5. The van der Waals surface area contributed by atoms with E-state index in [0.29, 0.717) is 5.92 Å². The Morgan fingerprint density at radius 1 is 1.44 bits per heavy atom. The topological polar surface area (TPSA) is 66.6 Å². The van der Waals surface area contributed by atoms with Gasteiger partial charge in [-0.25, -0.2) is 0 Å². The zero-order chi connectivity index (χ0) is 13.8. The Morgan fingerprint density at radius 3 is 2.44 bits per heavy atom. The quantitative estimate of drug-likeness (QED) is 0.781. The van der Waals surface area contributed by atoms with Crippen molar-refractivity contribution < 1.29 is 9.90 Å². The monoisotopic (exact) mass is 256 g/mol. The van der Waals surface area contributed by atoms with Gasteiger partial charge in [-0.2, -0.15) is 0 Å². The van der Waals surface area contributed by atoms with Crippen molar-refractivity contribution >= 4 is 5.91 Å². The zero-order valence-electron chi connectivity index (χ0n) is 12.0. The summed E-state index contributed by atoms with van der Waals surface area (Å²) < 4.78 is 0. The van der Waals surface area contributed by atoms with Crippen molar-refractivity contribution in [1.29, 1.82) is 0 Å². The molecule has 18 heavy (non-hydrogen) atoms. The molecular formula is C14H28N2O2. The van der Waals surface area contributed by atoms with Gasteiger partial charge in [0.15, 0.2) is 0 Å². The van der Waals surface area contributed by atoms with Crippen molar-refractivity contribution in [2.24, 2.45) is 17.6 Å². The second-order valence-corrected chi connectivity index (χ2v) is 6.24. The lowest BCUT2D eigenvalue weighted by Gasteiger charge is -2.36. The molecule has 0 heterocycles. The molecule has 0 saturated heterocycles. The Hall–Kier alpha value is -0.610. The first-order valence-corrected chi connectivity index (χ1v) is 7.02. The Balaban J connectivity index is 2.40. The molecule has 4 heteroatoms. The van der Waals surface area contributed by atoms with Crippen LogP contribution in [0.25, 0.3) is 0 Å². The number of hydrogen-bond donors (Lipinski definition) is 2. The van der Waals surface area contributed by atoms with Gasteiger partial charge in [-0.15, -0.1) is 0 Å². The van der Waals surface area contributed by atoms with E-state index >= 15 is 0 Å². The highest BCUT2D eigenvalue weighted by Gasteiger charge is 2.34. The number of carbonyl (C=O) groups excluding carboxylic acids is 1. The van der Waals surface area contributed by atoms with Crippen LogP contribution in [-0.2, 0) is 4.79 Å². The number of carbonyl (C=O) groups is 1. The lowest BCUT2D eigenvalue weighted by Crippen LogP contribution is -2.48. The first-order chi connectivity index (χ1) is 8.38. The van der Waals surface area contributed by atoms with E-state index in [1.54, 1.807) is 0 Å². The second kappa shape index (κ2) is 6.53. The van der Waals surface area contributed by atoms with Gasteiger partial charge in [0.25, 0.3) is 0 Å². The first kappa shape index (κ1) is 15.4. The van der Waals surface area contributed by atoms with Gasteiger partial charge >= 0.3 is 0 Å². The van der Waals surface area contributed by atoms with E-state index in [2.05, 4.69) is 13.8 Å². The molecular weight excluding hydrogens is 228 g/mol. The third-order valence-corrected chi connectivity index (χ3v) is 4.06. The third kappa shape index (κ3) is 4.25. The van der Waals surface area contributed by atoms with E-state index in [1.165, 1.54) is 0 Å². The molecule has 0 aromatic carbocycles. The Kier molecular flexibility index (Phi) is 5.60. The molecule has 0 radical (unpaired) electrons. The van der Waals surface area contributed by atoms with Crippen LogP contribution >= 0.6 is 0 Å². The maximum atomic E-state index is 12.2. The summed E-state index contributed by atoms with van der Waals surface area (Å²) in [6.45, 7) is 5.20. The molecule has 0 spiro atoms. The summed E-state index contributed by atoms with van der Waals surface area (Å²) in [6.07, 6.45) is 4.16. The zero-order valence-corrected chi connectivity index (χ0v) is 12.0. The van der Waals surface area contributed by atoms with Gasteiger partial charge in [0.2, 0.25) is 5.91 Å². The number of amides is 1. The SMILES string of the molecule is CC(C)CCN(C)C(=O)C1CCC(N)(CO)CC1. The minimum absolute atomic E-state index is 0.0249. The lowest BCUT2D eigenvalue weighted by molar-refractivity contribution is -0.135. The summed E-state index contributed by atoms with van der Waals surface area (Å²) in [7, 11) is 1.89. The molecule has 3 N–H and O–H groups in total. The van der Waals surface area contributed by atoms with Crippen molar-refractivity contribution in [3.63, 3.8) is 0 Å². The van der Waals surface area contributed by atoms with Gasteiger partial charge in [0.1, 0.15) is 0 Å². The van der Waals surface area contributed by atoms with Crippen LogP contribution in [0.1, 0.15) is 46.0 Å². The van der Waals surface area contributed by atoms with E-state index in [1.807, 2.05) is 11.9 Å². The van der Waals surface area contributed by atoms with E-state index in [0.717, 1.165) is 38.6 Å². The van der Waals surface area contributed by atoms with Gasteiger partial charge in [-0.3, -0.25) is 4.79 Å². The normalized spacial score (nSPS) is 28.4. The number of nitrogens with zero attached hydrogens (tertiary/aromatic N) is 1. The largest absolute Gasteiger partial charge is 0.394 e. The first-order valence-electron chi connectivity index (χ1n) is 7.02. The molecule has 1 fully saturated rings. The molecule has 0 bridgehead atoms. The Morgan fingerprint density at radius 2 is 2.00 bits per heavy atom. The number of aliphatic hydroxyl groups excluding tert-OH is 1. The van der Waals surface area contributed by atoms with Crippen molar-refractivity contribution in [3.8, 4) is 0 Å². The summed E-state index contributed by atoms with van der Waals surface area (Å²) in [4.78, 5) is 14.1. The van der Waals surface area contributed by atoms with Gasteiger partial charge in [-0.1, -0.05) is 13.8 Å². The van der Waals surface area contributed by atoms with Crippen molar-refractivity contribution in [2.75, 3.05) is 20.2 Å². The van der Waals surface area contributed by atoms with Crippen LogP contribution in [0.15, 0.2) is 0 Å². The molecule has 1 saturated carbocycles. The van der Waals surface area contributed by atoms with Crippen molar-refractivity contribution in [1.82, 2.24) is 4.90 Å². The standard InChI is InChI=1S/C14H28N2O2/c1-11(2)6-9-16(3)13(18)12-4-7-14(15,10-17)8-5-12/h11-12,17H,4-10,15H2,1-3H3. The predicted molar refractivity (Wildman–Crippen MR) is 73.1 cm³/mol. The summed E-state index contributed by atoms with van der Waals surface area (Å²) in [5.74, 6) is 0.971. The highest BCUT2D eigenvalue weighted by molar-refractivity contribution is 5.78. The van der Waals surface area contributed by atoms with Crippen LogP contribution in [0.2, 0.25) is 0 Å². The molecule has 1 aliphatic rings. The highest BCUT2D eigenvalue weighted by atomic mass is 16.3. The van der Waals surface area contributed by atoms with E-state index in [-0.39, 0.29) is 18.4 Å². The Bertz CT molecular complexity index is 271. The number of nitrogens with two attached hydrogens (primary N) is 1. The number of aliphatic hydroxyl groups is 1. The van der Waals surface area contributed by atoms with Crippen LogP contribution in [0, 0.1) is 11.8 Å². The van der Waals surface area contributed by atoms with Gasteiger partial charge < -0.3 is 15.7 Å². The molecule has 0 unspecified atom stereocenters. The molecule has 106 valence electrons. The minimum atomic E-state index is -0.451. The van der Waals surface area contributed by atoms with Crippen LogP contribution < -0.4 is 5.73 Å². The minimum Gasteiger partial charge on any atom is -0.394 e. The third-order valence-electron chi connectivity index (χ3n) is 4.06. The molecule has 0 aromatic heterocycles. The second-order valence-electron chi connectivity index (χ2n) is 6.24. The fraction of sp³-hybridized carbons (Fsp3) is 0.929. The average Bonchev–Trinajstić information content (AvgIpc) is 2.36. The summed E-state index contributed by atoms with van der Waals surface area (Å²) in [6, 6.07) is 0. The predicted octanol–water partition coefficient (Wildman–Crippen LogP) is 1.37. The summed E-state index contributed by atoms with van der Waals surface area (Å²) in [5.41, 5.74) is 5.57. The van der Waals surface area contributed by atoms with Gasteiger partial charge in [0.05, 0.1) is 6.61 Å². The smallest absolute Gasteiger partial charge is 0.225 e. The molecule has 0 atom stereocenters. The van der Waals surface area contributed by atoms with Crippen LogP contribution in [0.5, 0.6) is 0 Å². The Labute approximate surface area is 111 Å².